The summed E-state index contributed by atoms with van der Waals surface area (Å²) in [6.45, 7) is 2.02. The van der Waals surface area contributed by atoms with E-state index in [0.29, 0.717) is 0 Å². The van der Waals surface area contributed by atoms with Crippen molar-refractivity contribution in [3.05, 3.63) is 65.2 Å². The first-order valence-electron chi connectivity index (χ1n) is 6.09. The van der Waals surface area contributed by atoms with Crippen LogP contribution in [-0.2, 0) is 0 Å². The van der Waals surface area contributed by atoms with E-state index in [0.717, 1.165) is 11.1 Å². The Morgan fingerprint density at radius 3 is 2.21 bits per heavy atom. The van der Waals surface area contributed by atoms with E-state index in [4.69, 9.17) is 0 Å². The van der Waals surface area contributed by atoms with Crippen molar-refractivity contribution in [3.8, 4) is 11.8 Å². The number of aliphatic hydroxyl groups is 1. The highest BCUT2D eigenvalue weighted by molar-refractivity contribution is 7.98. The molecule has 2 aromatic rings. The highest BCUT2D eigenvalue weighted by Gasteiger charge is 2.02. The van der Waals surface area contributed by atoms with Gasteiger partial charge in [0.05, 0.1) is 0 Å². The van der Waals surface area contributed by atoms with Crippen LogP contribution in [0.25, 0.3) is 0 Å². The summed E-state index contributed by atoms with van der Waals surface area (Å²) in [5, 5.41) is 10.00. The predicted octanol–water partition coefficient (Wildman–Crippen LogP) is 3.80. The lowest BCUT2D eigenvalue weighted by Crippen LogP contribution is -1.93. The summed E-state index contributed by atoms with van der Waals surface area (Å²) in [6.07, 6.45) is 1.31. The standard InChI is InChI=1S/C17H16OS/c1-13-3-8-15(9-4-13)17(18)12-7-14-5-10-16(19-2)11-6-14/h3-6,8-11,17-18H,1-2H3/t17-/m1/s1. The Morgan fingerprint density at radius 2 is 1.63 bits per heavy atom. The summed E-state index contributed by atoms with van der Waals surface area (Å²) in [6, 6.07) is 15.8. The fourth-order valence-electron chi connectivity index (χ4n) is 1.66. The van der Waals surface area contributed by atoms with Gasteiger partial charge in [0.2, 0.25) is 0 Å². The van der Waals surface area contributed by atoms with E-state index >= 15 is 0 Å². The average Bonchev–Trinajstić information content (AvgIpc) is 2.46. The minimum Gasteiger partial charge on any atom is -0.376 e. The van der Waals surface area contributed by atoms with Crippen molar-refractivity contribution in [1.82, 2.24) is 0 Å². The van der Waals surface area contributed by atoms with Crippen molar-refractivity contribution >= 4 is 11.8 Å². The van der Waals surface area contributed by atoms with Crippen molar-refractivity contribution in [1.29, 1.82) is 0 Å². The first-order valence-corrected chi connectivity index (χ1v) is 7.32. The first kappa shape index (κ1) is 13.7. The van der Waals surface area contributed by atoms with Gasteiger partial charge in [-0.25, -0.2) is 0 Å². The molecule has 0 saturated heterocycles. The molecule has 0 aliphatic carbocycles. The number of aliphatic hydroxyl groups excluding tert-OH is 1. The zero-order valence-corrected chi connectivity index (χ0v) is 11.9. The van der Waals surface area contributed by atoms with Gasteiger partial charge in [-0.1, -0.05) is 41.7 Å². The minimum atomic E-state index is -0.735. The van der Waals surface area contributed by atoms with Crippen molar-refractivity contribution in [2.45, 2.75) is 17.9 Å². The van der Waals surface area contributed by atoms with E-state index in [-0.39, 0.29) is 0 Å². The number of rotatable bonds is 2. The highest BCUT2D eigenvalue weighted by atomic mass is 32.2. The second kappa shape index (κ2) is 6.47. The van der Waals surface area contributed by atoms with Crippen molar-refractivity contribution in [3.63, 3.8) is 0 Å². The van der Waals surface area contributed by atoms with E-state index < -0.39 is 6.10 Å². The molecule has 1 atom stereocenters. The molecular formula is C17H16OS. The Bertz CT molecular complexity index is 588. The number of hydrogen-bond acceptors (Lipinski definition) is 2. The van der Waals surface area contributed by atoms with Crippen LogP contribution in [-0.4, -0.2) is 11.4 Å². The van der Waals surface area contributed by atoms with E-state index in [2.05, 4.69) is 11.8 Å². The maximum absolute atomic E-state index is 10.00. The SMILES string of the molecule is CSc1ccc(C#C[C@@H](O)c2ccc(C)cc2)cc1. The maximum Gasteiger partial charge on any atom is 0.140 e. The Labute approximate surface area is 118 Å². The summed E-state index contributed by atoms with van der Waals surface area (Å²) in [5.74, 6) is 5.87. The van der Waals surface area contributed by atoms with Gasteiger partial charge >= 0.3 is 0 Å². The van der Waals surface area contributed by atoms with Crippen molar-refractivity contribution < 1.29 is 5.11 Å². The van der Waals surface area contributed by atoms with Gasteiger partial charge in [0, 0.05) is 10.5 Å². The Balaban J connectivity index is 2.11. The zero-order chi connectivity index (χ0) is 13.7. The van der Waals surface area contributed by atoms with Gasteiger partial charge in [-0.3, -0.25) is 0 Å². The molecule has 0 amide bonds. The number of benzene rings is 2. The summed E-state index contributed by atoms with van der Waals surface area (Å²) >= 11 is 1.70. The van der Waals surface area contributed by atoms with Crippen LogP contribution >= 0.6 is 11.8 Å². The topological polar surface area (TPSA) is 20.2 Å². The van der Waals surface area contributed by atoms with Crippen molar-refractivity contribution in [2.75, 3.05) is 6.26 Å². The normalized spacial score (nSPS) is 11.5. The molecular weight excluding hydrogens is 252 g/mol. The molecule has 1 nitrogen and oxygen atoms in total. The number of thioether (sulfide) groups is 1. The molecule has 2 rings (SSSR count). The second-order valence-electron chi connectivity index (χ2n) is 4.31. The smallest absolute Gasteiger partial charge is 0.140 e. The van der Waals surface area contributed by atoms with Crippen LogP contribution in [0.2, 0.25) is 0 Å². The van der Waals surface area contributed by atoms with Crippen LogP contribution in [0.1, 0.15) is 22.8 Å². The molecule has 96 valence electrons. The van der Waals surface area contributed by atoms with Crippen LogP contribution < -0.4 is 0 Å². The summed E-state index contributed by atoms with van der Waals surface area (Å²) in [7, 11) is 0. The number of hydrogen-bond donors (Lipinski definition) is 1. The molecule has 0 bridgehead atoms. The Hall–Kier alpha value is -1.69. The molecule has 0 aromatic heterocycles. The zero-order valence-electron chi connectivity index (χ0n) is 11.1. The third kappa shape index (κ3) is 3.89. The van der Waals surface area contributed by atoms with Crippen LogP contribution in [0, 0.1) is 18.8 Å². The Kier molecular flexibility index (Phi) is 4.68. The number of aryl methyl sites for hydroxylation is 1. The van der Waals surface area contributed by atoms with Crippen LogP contribution in [0.3, 0.4) is 0 Å². The van der Waals surface area contributed by atoms with Crippen LogP contribution in [0.5, 0.6) is 0 Å². The molecule has 0 aliphatic heterocycles. The summed E-state index contributed by atoms with van der Waals surface area (Å²) < 4.78 is 0. The van der Waals surface area contributed by atoms with E-state index in [1.54, 1.807) is 11.8 Å². The molecule has 0 radical (unpaired) electrons. The van der Waals surface area contributed by atoms with E-state index in [9.17, 15) is 5.11 Å². The van der Waals surface area contributed by atoms with Gasteiger partial charge < -0.3 is 5.11 Å². The third-order valence-corrected chi connectivity index (χ3v) is 3.58. The molecule has 0 unspecified atom stereocenters. The molecule has 2 heteroatoms. The minimum absolute atomic E-state index is 0.735. The fraction of sp³-hybridized carbons (Fsp3) is 0.176. The molecule has 2 aromatic carbocycles. The maximum atomic E-state index is 10.00. The van der Waals surface area contributed by atoms with Gasteiger partial charge in [0.1, 0.15) is 6.10 Å². The fourth-order valence-corrected chi connectivity index (χ4v) is 2.07. The van der Waals surface area contributed by atoms with Gasteiger partial charge in [-0.2, -0.15) is 0 Å². The molecule has 0 heterocycles. The molecule has 1 N–H and O–H groups in total. The average molecular weight is 268 g/mol. The van der Waals surface area contributed by atoms with Gasteiger partial charge in [-0.05, 0) is 43.0 Å². The lowest BCUT2D eigenvalue weighted by Gasteiger charge is -2.03. The first-order chi connectivity index (χ1) is 9.19. The quantitative estimate of drug-likeness (QED) is 0.660. The Morgan fingerprint density at radius 1 is 1.00 bits per heavy atom. The highest BCUT2D eigenvalue weighted by Crippen LogP contribution is 2.15. The lowest BCUT2D eigenvalue weighted by atomic mass is 10.1. The summed E-state index contributed by atoms with van der Waals surface area (Å²) in [4.78, 5) is 1.21. The summed E-state index contributed by atoms with van der Waals surface area (Å²) in [5.41, 5.74) is 2.93. The van der Waals surface area contributed by atoms with Crippen molar-refractivity contribution in [2.24, 2.45) is 0 Å². The molecule has 0 fully saturated rings. The molecule has 0 spiro atoms. The largest absolute Gasteiger partial charge is 0.376 e. The molecule has 19 heavy (non-hydrogen) atoms. The van der Waals surface area contributed by atoms with Crippen LogP contribution in [0.15, 0.2) is 53.4 Å². The lowest BCUT2D eigenvalue weighted by molar-refractivity contribution is 0.238. The van der Waals surface area contributed by atoms with E-state index in [1.165, 1.54) is 10.5 Å². The van der Waals surface area contributed by atoms with E-state index in [1.807, 2.05) is 61.7 Å². The van der Waals surface area contributed by atoms with Gasteiger partial charge in [0.15, 0.2) is 0 Å². The van der Waals surface area contributed by atoms with Gasteiger partial charge in [-0.15, -0.1) is 11.8 Å². The second-order valence-corrected chi connectivity index (χ2v) is 5.19. The van der Waals surface area contributed by atoms with Gasteiger partial charge in [0.25, 0.3) is 0 Å². The monoisotopic (exact) mass is 268 g/mol. The third-order valence-electron chi connectivity index (χ3n) is 2.84. The van der Waals surface area contributed by atoms with Crippen LogP contribution in [0.4, 0.5) is 0 Å². The molecule has 0 aliphatic rings. The molecule has 0 saturated carbocycles. The predicted molar refractivity (Wildman–Crippen MR) is 81.2 cm³/mol.